The van der Waals surface area contributed by atoms with Gasteiger partial charge in [0, 0.05) is 37.3 Å². The fraction of sp³-hybridized carbons (Fsp3) is 0.323. The van der Waals surface area contributed by atoms with Crippen LogP contribution >= 0.6 is 0 Å². The molecule has 1 saturated heterocycles. The van der Waals surface area contributed by atoms with Crippen molar-refractivity contribution in [1.29, 1.82) is 0 Å². The van der Waals surface area contributed by atoms with Gasteiger partial charge in [-0.05, 0) is 42.7 Å². The summed E-state index contributed by atoms with van der Waals surface area (Å²) in [7, 11) is 0. The number of benzene rings is 3. The molecule has 2 N–H and O–H groups in total. The number of nitrogens with zero attached hydrogens (tertiary/aromatic N) is 5. The molecule has 4 aromatic rings. The van der Waals surface area contributed by atoms with E-state index in [4.69, 9.17) is 5.11 Å². The molecule has 0 bridgehead atoms. The van der Waals surface area contributed by atoms with Crippen LogP contribution in [-0.4, -0.2) is 66.1 Å². The zero-order chi connectivity index (χ0) is 27.4. The Kier molecular flexibility index (Phi) is 8.05. The molecule has 3 aromatic carbocycles. The Morgan fingerprint density at radius 3 is 2.44 bits per heavy atom. The predicted molar refractivity (Wildman–Crippen MR) is 150 cm³/mol. The Morgan fingerprint density at radius 2 is 1.72 bits per heavy atom. The van der Waals surface area contributed by atoms with E-state index < -0.39 is 5.97 Å². The van der Waals surface area contributed by atoms with E-state index in [-0.39, 0.29) is 24.8 Å². The number of phenolic OH excluding ortho intramolecular Hbond substituents is 1. The molecule has 5 rings (SSSR count). The molecule has 1 aliphatic rings. The van der Waals surface area contributed by atoms with Crippen molar-refractivity contribution in [2.45, 2.75) is 51.5 Å². The molecule has 0 spiro atoms. The van der Waals surface area contributed by atoms with Crippen LogP contribution in [0.15, 0.2) is 85.1 Å². The summed E-state index contributed by atoms with van der Waals surface area (Å²) in [6, 6.07) is 27.1. The molecule has 0 radical (unpaired) electrons. The number of phenols is 1. The smallest absolute Gasteiger partial charge is 0.305 e. The number of aromatic hydroxyl groups is 1. The van der Waals surface area contributed by atoms with Crippen molar-refractivity contribution >= 4 is 5.97 Å². The molecular formula is C31H35N5O3. The summed E-state index contributed by atoms with van der Waals surface area (Å²) >= 11 is 0. The second-order valence-corrected chi connectivity index (χ2v) is 10.4. The Hall–Kier alpha value is -4.01. The zero-order valence-corrected chi connectivity index (χ0v) is 22.4. The van der Waals surface area contributed by atoms with Gasteiger partial charge in [0.15, 0.2) is 0 Å². The summed E-state index contributed by atoms with van der Waals surface area (Å²) in [5, 5.41) is 27.9. The van der Waals surface area contributed by atoms with E-state index in [1.807, 2.05) is 24.3 Å². The summed E-state index contributed by atoms with van der Waals surface area (Å²) in [6.45, 7) is 7.58. The van der Waals surface area contributed by atoms with Crippen LogP contribution < -0.4 is 0 Å². The normalized spacial score (nSPS) is 19.1. The van der Waals surface area contributed by atoms with E-state index >= 15 is 0 Å². The average molecular weight is 526 g/mol. The molecule has 0 amide bonds. The van der Waals surface area contributed by atoms with Gasteiger partial charge in [-0.3, -0.25) is 14.6 Å². The van der Waals surface area contributed by atoms with Crippen molar-refractivity contribution in [2.75, 3.05) is 13.1 Å². The van der Waals surface area contributed by atoms with Gasteiger partial charge in [0.1, 0.15) is 11.4 Å². The van der Waals surface area contributed by atoms with Gasteiger partial charge in [-0.15, -0.1) is 0 Å². The van der Waals surface area contributed by atoms with Crippen LogP contribution in [0.2, 0.25) is 0 Å². The first-order valence-corrected chi connectivity index (χ1v) is 13.4. The molecule has 8 heteroatoms. The van der Waals surface area contributed by atoms with E-state index in [2.05, 4.69) is 82.4 Å². The monoisotopic (exact) mass is 525 g/mol. The maximum absolute atomic E-state index is 10.9. The fourth-order valence-electron chi connectivity index (χ4n) is 5.46. The van der Waals surface area contributed by atoms with E-state index in [1.54, 1.807) is 12.3 Å². The third-order valence-electron chi connectivity index (χ3n) is 7.49. The number of carboxylic acid groups (broad SMARTS) is 1. The van der Waals surface area contributed by atoms with Crippen molar-refractivity contribution in [3.8, 4) is 17.0 Å². The van der Waals surface area contributed by atoms with Crippen molar-refractivity contribution in [2.24, 2.45) is 0 Å². The van der Waals surface area contributed by atoms with Crippen molar-refractivity contribution in [3.63, 3.8) is 0 Å². The Bertz CT molecular complexity index is 1390. The lowest BCUT2D eigenvalue weighted by atomic mass is 9.92. The molecule has 1 aromatic heterocycles. The van der Waals surface area contributed by atoms with Crippen LogP contribution in [0.5, 0.6) is 5.75 Å². The summed E-state index contributed by atoms with van der Waals surface area (Å²) in [6.07, 6.45) is 1.65. The molecule has 3 unspecified atom stereocenters. The van der Waals surface area contributed by atoms with Crippen LogP contribution in [0, 0.1) is 0 Å². The Morgan fingerprint density at radius 1 is 0.949 bits per heavy atom. The quantitative estimate of drug-likeness (QED) is 0.324. The number of carboxylic acids is 1. The van der Waals surface area contributed by atoms with Crippen molar-refractivity contribution in [3.05, 3.63) is 102 Å². The molecule has 1 aliphatic heterocycles. The minimum atomic E-state index is -0.874. The fourth-order valence-corrected chi connectivity index (χ4v) is 5.46. The van der Waals surface area contributed by atoms with E-state index in [9.17, 15) is 9.90 Å². The standard InChI is InChI=1S/C31H35N5O3/c1-22-20-35(23(2)19-34(22)21-24-7-4-3-5-8-24)31(27-9-6-10-28(37)17-27)26-13-11-25(12-14-26)29-18-32-36(33-29)16-15-30(38)39/h3-14,17-18,22-23,31,37H,15-16,19-21H2,1-2H3,(H,38,39). The highest BCUT2D eigenvalue weighted by Crippen LogP contribution is 2.35. The van der Waals surface area contributed by atoms with Crippen LogP contribution in [0.25, 0.3) is 11.3 Å². The van der Waals surface area contributed by atoms with Gasteiger partial charge < -0.3 is 10.2 Å². The van der Waals surface area contributed by atoms with Gasteiger partial charge in [-0.2, -0.15) is 15.0 Å². The number of hydrogen-bond acceptors (Lipinski definition) is 6. The SMILES string of the molecule is CC1CN(C(c2ccc(-c3cnn(CCC(=O)O)n3)cc2)c2cccc(O)c2)C(C)CN1Cc1ccccc1. The van der Waals surface area contributed by atoms with Crippen LogP contribution in [-0.2, 0) is 17.9 Å². The number of aliphatic carboxylic acids is 1. The Balaban J connectivity index is 1.39. The molecule has 2 heterocycles. The van der Waals surface area contributed by atoms with Gasteiger partial charge in [0.25, 0.3) is 0 Å². The van der Waals surface area contributed by atoms with E-state index in [1.165, 1.54) is 10.4 Å². The first-order chi connectivity index (χ1) is 18.9. The van der Waals surface area contributed by atoms with E-state index in [0.717, 1.165) is 36.3 Å². The topological polar surface area (TPSA) is 94.7 Å². The number of hydrogen-bond donors (Lipinski definition) is 2. The highest BCUT2D eigenvalue weighted by Gasteiger charge is 2.35. The number of carbonyl (C=O) groups is 1. The molecule has 202 valence electrons. The first kappa shape index (κ1) is 26.6. The molecule has 0 aliphatic carbocycles. The number of aromatic nitrogens is 3. The van der Waals surface area contributed by atoms with Gasteiger partial charge in [0.2, 0.25) is 0 Å². The van der Waals surface area contributed by atoms with E-state index in [0.29, 0.717) is 17.8 Å². The van der Waals surface area contributed by atoms with Crippen LogP contribution in [0.1, 0.15) is 43.0 Å². The Labute approximate surface area is 229 Å². The number of piperazine rings is 1. The summed E-state index contributed by atoms with van der Waals surface area (Å²) < 4.78 is 0. The molecular weight excluding hydrogens is 490 g/mol. The molecule has 39 heavy (non-hydrogen) atoms. The second-order valence-electron chi connectivity index (χ2n) is 10.4. The molecule has 8 nitrogen and oxygen atoms in total. The minimum Gasteiger partial charge on any atom is -0.508 e. The highest BCUT2D eigenvalue weighted by atomic mass is 16.4. The summed E-state index contributed by atoms with van der Waals surface area (Å²) in [5.41, 5.74) is 5.14. The third kappa shape index (κ3) is 6.35. The lowest BCUT2D eigenvalue weighted by Gasteiger charge is -2.47. The highest BCUT2D eigenvalue weighted by molar-refractivity contribution is 5.66. The van der Waals surface area contributed by atoms with Crippen molar-refractivity contribution in [1.82, 2.24) is 24.8 Å². The lowest BCUT2D eigenvalue weighted by molar-refractivity contribution is -0.137. The number of aryl methyl sites for hydroxylation is 1. The molecule has 3 atom stereocenters. The second kappa shape index (κ2) is 11.8. The predicted octanol–water partition coefficient (Wildman–Crippen LogP) is 4.81. The zero-order valence-electron chi connectivity index (χ0n) is 22.4. The first-order valence-electron chi connectivity index (χ1n) is 13.4. The molecule has 0 saturated carbocycles. The number of rotatable bonds is 9. The van der Waals surface area contributed by atoms with Crippen molar-refractivity contribution < 1.29 is 15.0 Å². The van der Waals surface area contributed by atoms with Gasteiger partial charge in [0.05, 0.1) is 25.2 Å². The summed E-state index contributed by atoms with van der Waals surface area (Å²) in [5.74, 6) is -0.615. The van der Waals surface area contributed by atoms with Gasteiger partial charge in [-0.1, -0.05) is 66.7 Å². The third-order valence-corrected chi connectivity index (χ3v) is 7.49. The average Bonchev–Trinajstić information content (AvgIpc) is 3.41. The maximum atomic E-state index is 10.9. The van der Waals surface area contributed by atoms with Gasteiger partial charge in [-0.25, -0.2) is 0 Å². The lowest BCUT2D eigenvalue weighted by Crippen LogP contribution is -2.56. The largest absolute Gasteiger partial charge is 0.508 e. The van der Waals surface area contributed by atoms with Gasteiger partial charge >= 0.3 is 5.97 Å². The molecule has 1 fully saturated rings. The maximum Gasteiger partial charge on any atom is 0.305 e. The van der Waals surface area contributed by atoms with Crippen LogP contribution in [0.4, 0.5) is 0 Å². The minimum absolute atomic E-state index is 0.0197. The summed E-state index contributed by atoms with van der Waals surface area (Å²) in [4.78, 5) is 17.4. The van der Waals surface area contributed by atoms with Crippen LogP contribution in [0.3, 0.4) is 0 Å².